The number of sulfonamides is 1. The van der Waals surface area contributed by atoms with Crippen molar-refractivity contribution >= 4 is 21.6 Å². The van der Waals surface area contributed by atoms with Crippen LogP contribution in [-0.2, 0) is 14.8 Å². The molecule has 2 aliphatic heterocycles. The summed E-state index contributed by atoms with van der Waals surface area (Å²) in [6.45, 7) is 5.25. The third-order valence-corrected chi connectivity index (χ3v) is 6.30. The molecule has 2 saturated heterocycles. The zero-order valence-electron chi connectivity index (χ0n) is 14.1. The summed E-state index contributed by atoms with van der Waals surface area (Å²) in [5.74, 6) is 0.100. The molecule has 1 unspecified atom stereocenters. The number of nitrogens with one attached hydrogen (secondary N) is 1. The van der Waals surface area contributed by atoms with E-state index in [4.69, 9.17) is 0 Å². The van der Waals surface area contributed by atoms with E-state index in [-0.39, 0.29) is 16.8 Å². The molecule has 0 spiro atoms. The van der Waals surface area contributed by atoms with Crippen LogP contribution in [-0.4, -0.2) is 51.4 Å². The van der Waals surface area contributed by atoms with Crippen LogP contribution < -0.4 is 9.62 Å². The second kappa shape index (κ2) is 7.21. The summed E-state index contributed by atoms with van der Waals surface area (Å²) < 4.78 is 27.6. The molecule has 0 aliphatic carbocycles. The summed E-state index contributed by atoms with van der Waals surface area (Å²) >= 11 is 0. The largest absolute Gasteiger partial charge is 0.312 e. The molecule has 1 amide bonds. The molecule has 1 atom stereocenters. The molecule has 24 heavy (non-hydrogen) atoms. The number of amides is 1. The lowest BCUT2D eigenvalue weighted by Gasteiger charge is -2.23. The van der Waals surface area contributed by atoms with Crippen LogP contribution in [0, 0.1) is 0 Å². The molecular weight excluding hydrogens is 326 g/mol. The van der Waals surface area contributed by atoms with E-state index in [1.807, 2.05) is 0 Å². The van der Waals surface area contributed by atoms with Gasteiger partial charge in [-0.25, -0.2) is 13.1 Å². The van der Waals surface area contributed by atoms with E-state index < -0.39 is 10.0 Å². The van der Waals surface area contributed by atoms with Crippen LogP contribution in [0.4, 0.5) is 5.69 Å². The van der Waals surface area contributed by atoms with Crippen molar-refractivity contribution in [2.24, 2.45) is 0 Å². The summed E-state index contributed by atoms with van der Waals surface area (Å²) in [7, 11) is -3.52. The molecule has 1 N–H and O–H groups in total. The van der Waals surface area contributed by atoms with E-state index in [0.717, 1.165) is 25.2 Å². The molecule has 7 heteroatoms. The molecule has 2 fully saturated rings. The van der Waals surface area contributed by atoms with Crippen molar-refractivity contribution < 1.29 is 13.2 Å². The summed E-state index contributed by atoms with van der Waals surface area (Å²) in [6.07, 6.45) is 3.80. The number of likely N-dealkylation sites (tertiary alicyclic amines) is 1. The maximum atomic E-state index is 12.4. The van der Waals surface area contributed by atoms with E-state index >= 15 is 0 Å². The zero-order chi connectivity index (χ0) is 17.2. The van der Waals surface area contributed by atoms with Gasteiger partial charge in [-0.3, -0.25) is 9.69 Å². The molecule has 132 valence electrons. The summed E-state index contributed by atoms with van der Waals surface area (Å²) in [5.41, 5.74) is 0.766. The molecule has 1 aromatic carbocycles. The normalized spacial score (nSPS) is 20.7. The van der Waals surface area contributed by atoms with Gasteiger partial charge in [0.15, 0.2) is 0 Å². The first kappa shape index (κ1) is 17.4. The predicted molar refractivity (Wildman–Crippen MR) is 93.5 cm³/mol. The lowest BCUT2D eigenvalue weighted by atomic mass is 10.3. The van der Waals surface area contributed by atoms with Gasteiger partial charge >= 0.3 is 0 Å². The van der Waals surface area contributed by atoms with Crippen LogP contribution in [0.25, 0.3) is 0 Å². The lowest BCUT2D eigenvalue weighted by Crippen LogP contribution is -2.40. The number of hydrogen-bond acceptors (Lipinski definition) is 4. The Labute approximate surface area is 143 Å². The van der Waals surface area contributed by atoms with E-state index in [9.17, 15) is 13.2 Å². The molecule has 3 rings (SSSR count). The Hall–Kier alpha value is -1.44. The van der Waals surface area contributed by atoms with Crippen LogP contribution in [0.2, 0.25) is 0 Å². The zero-order valence-corrected chi connectivity index (χ0v) is 14.9. The van der Waals surface area contributed by atoms with Crippen LogP contribution in [0.1, 0.15) is 32.6 Å². The smallest absolute Gasteiger partial charge is 0.240 e. The number of nitrogens with zero attached hydrogens (tertiary/aromatic N) is 2. The highest BCUT2D eigenvalue weighted by molar-refractivity contribution is 7.89. The molecule has 0 aromatic heterocycles. The Morgan fingerprint density at radius 2 is 1.75 bits per heavy atom. The van der Waals surface area contributed by atoms with Crippen molar-refractivity contribution in [1.82, 2.24) is 9.62 Å². The van der Waals surface area contributed by atoms with Gasteiger partial charge in [0, 0.05) is 31.2 Å². The van der Waals surface area contributed by atoms with E-state index in [0.29, 0.717) is 19.5 Å². The van der Waals surface area contributed by atoms with Crippen LogP contribution >= 0.6 is 0 Å². The minimum Gasteiger partial charge on any atom is -0.312 e. The topological polar surface area (TPSA) is 69.7 Å². The molecule has 2 aliphatic rings. The average Bonchev–Trinajstić information content (AvgIpc) is 3.24. The summed E-state index contributed by atoms with van der Waals surface area (Å²) in [4.78, 5) is 16.0. The highest BCUT2D eigenvalue weighted by Gasteiger charge is 2.23. The van der Waals surface area contributed by atoms with Crippen molar-refractivity contribution in [3.8, 4) is 0 Å². The van der Waals surface area contributed by atoms with Crippen LogP contribution in [0.3, 0.4) is 0 Å². The number of carbonyl (C=O) groups excluding carboxylic acids is 1. The lowest BCUT2D eigenvalue weighted by molar-refractivity contribution is -0.117. The number of rotatable bonds is 6. The van der Waals surface area contributed by atoms with Crippen molar-refractivity contribution in [3.05, 3.63) is 24.3 Å². The first-order chi connectivity index (χ1) is 11.5. The molecule has 6 nitrogen and oxygen atoms in total. The first-order valence-corrected chi connectivity index (χ1v) is 10.1. The van der Waals surface area contributed by atoms with Gasteiger partial charge < -0.3 is 4.90 Å². The predicted octanol–water partition coefficient (Wildman–Crippen LogP) is 1.58. The third kappa shape index (κ3) is 3.79. The molecular formula is C17H25N3O3S. The standard InChI is InChI=1S/C17H25N3O3S/c1-14(19-10-2-3-11-19)13-18-24(22,23)16-8-6-15(7-9-16)20-12-4-5-17(20)21/h6-9,14,18H,2-5,10-13H2,1H3. The molecule has 0 bridgehead atoms. The third-order valence-electron chi connectivity index (χ3n) is 4.86. The maximum Gasteiger partial charge on any atom is 0.240 e. The summed E-state index contributed by atoms with van der Waals surface area (Å²) in [5, 5.41) is 0. The van der Waals surface area contributed by atoms with Crippen molar-refractivity contribution in [2.45, 2.75) is 43.5 Å². The van der Waals surface area contributed by atoms with E-state index in [1.54, 1.807) is 29.2 Å². The fourth-order valence-corrected chi connectivity index (χ4v) is 4.47. The summed E-state index contributed by atoms with van der Waals surface area (Å²) in [6, 6.07) is 6.76. The van der Waals surface area contributed by atoms with Gasteiger partial charge in [-0.05, 0) is 63.5 Å². The van der Waals surface area contributed by atoms with Gasteiger partial charge in [0.2, 0.25) is 15.9 Å². The SMILES string of the molecule is CC(CNS(=O)(=O)c1ccc(N2CCCC2=O)cc1)N1CCCC1. The van der Waals surface area contributed by atoms with Crippen LogP contribution in [0.15, 0.2) is 29.2 Å². The number of benzene rings is 1. The van der Waals surface area contributed by atoms with Crippen molar-refractivity contribution in [2.75, 3.05) is 31.1 Å². The minimum atomic E-state index is -3.52. The Bertz CT molecular complexity index is 682. The number of hydrogen-bond donors (Lipinski definition) is 1. The molecule has 0 radical (unpaired) electrons. The van der Waals surface area contributed by atoms with Gasteiger partial charge in [0.1, 0.15) is 0 Å². The van der Waals surface area contributed by atoms with Gasteiger partial charge in [0.05, 0.1) is 4.90 Å². The molecule has 2 heterocycles. The van der Waals surface area contributed by atoms with E-state index in [1.165, 1.54) is 12.8 Å². The van der Waals surface area contributed by atoms with E-state index in [2.05, 4.69) is 16.5 Å². The minimum absolute atomic E-state index is 0.100. The first-order valence-electron chi connectivity index (χ1n) is 8.61. The second-order valence-electron chi connectivity index (χ2n) is 6.59. The number of anilines is 1. The maximum absolute atomic E-state index is 12.4. The van der Waals surface area contributed by atoms with Crippen LogP contribution in [0.5, 0.6) is 0 Å². The molecule has 0 saturated carbocycles. The van der Waals surface area contributed by atoms with Gasteiger partial charge in [-0.1, -0.05) is 0 Å². The monoisotopic (exact) mass is 351 g/mol. The Morgan fingerprint density at radius 3 is 2.33 bits per heavy atom. The fraction of sp³-hybridized carbons (Fsp3) is 0.588. The van der Waals surface area contributed by atoms with Crippen molar-refractivity contribution in [3.63, 3.8) is 0 Å². The van der Waals surface area contributed by atoms with Crippen molar-refractivity contribution in [1.29, 1.82) is 0 Å². The Balaban J connectivity index is 1.62. The molecule has 1 aromatic rings. The highest BCUT2D eigenvalue weighted by Crippen LogP contribution is 2.23. The van der Waals surface area contributed by atoms with Gasteiger partial charge in [0.25, 0.3) is 0 Å². The quantitative estimate of drug-likeness (QED) is 0.845. The second-order valence-corrected chi connectivity index (χ2v) is 8.35. The van der Waals surface area contributed by atoms with Gasteiger partial charge in [-0.2, -0.15) is 0 Å². The number of carbonyl (C=O) groups is 1. The fourth-order valence-electron chi connectivity index (χ4n) is 3.35. The average molecular weight is 351 g/mol. The Kier molecular flexibility index (Phi) is 5.22. The highest BCUT2D eigenvalue weighted by atomic mass is 32.2. The van der Waals surface area contributed by atoms with Gasteiger partial charge in [-0.15, -0.1) is 0 Å². The Morgan fingerprint density at radius 1 is 1.08 bits per heavy atom.